The Hall–Kier alpha value is -2.67. The van der Waals surface area contributed by atoms with Crippen molar-refractivity contribution >= 4 is 38.8 Å². The zero-order valence-electron chi connectivity index (χ0n) is 14.4. The third-order valence-electron chi connectivity index (χ3n) is 4.69. The summed E-state index contributed by atoms with van der Waals surface area (Å²) in [6.45, 7) is 4.17. The first-order valence-corrected chi connectivity index (χ1v) is 9.30. The van der Waals surface area contributed by atoms with Crippen LogP contribution in [0.2, 0.25) is 0 Å². The molecule has 1 fully saturated rings. The number of nitrogen functional groups attached to an aromatic ring is 1. The summed E-state index contributed by atoms with van der Waals surface area (Å²) in [5.74, 6) is -0.307. The number of amides is 1. The highest BCUT2D eigenvalue weighted by molar-refractivity contribution is 7.21. The van der Waals surface area contributed by atoms with Crippen molar-refractivity contribution in [3.8, 4) is 0 Å². The van der Waals surface area contributed by atoms with Crippen LogP contribution in [-0.2, 0) is 0 Å². The molecule has 0 unspecified atom stereocenters. The molecule has 1 aromatic carbocycles. The zero-order valence-corrected chi connectivity index (χ0v) is 15.2. The van der Waals surface area contributed by atoms with Gasteiger partial charge in [0.05, 0.1) is 11.4 Å². The van der Waals surface area contributed by atoms with Gasteiger partial charge in [0.15, 0.2) is 0 Å². The van der Waals surface area contributed by atoms with Crippen molar-refractivity contribution in [3.05, 3.63) is 52.8 Å². The van der Waals surface area contributed by atoms with Gasteiger partial charge in [0.25, 0.3) is 5.91 Å². The quantitative estimate of drug-likeness (QED) is 0.752. The molecule has 0 aliphatic carbocycles. The molecule has 134 valence electrons. The molecule has 2 N–H and O–H groups in total. The van der Waals surface area contributed by atoms with E-state index < -0.39 is 0 Å². The molecule has 0 spiro atoms. The number of hydrogen-bond donors (Lipinski definition) is 1. The Bertz CT molecular complexity index is 979. The summed E-state index contributed by atoms with van der Waals surface area (Å²) in [4.78, 5) is 22.5. The molecule has 0 saturated carbocycles. The fourth-order valence-corrected chi connectivity index (χ4v) is 4.36. The number of piperazine rings is 1. The summed E-state index contributed by atoms with van der Waals surface area (Å²) in [5, 5.41) is 0.828. The molecule has 7 heteroatoms. The molecule has 0 bridgehead atoms. The van der Waals surface area contributed by atoms with E-state index in [-0.39, 0.29) is 11.7 Å². The minimum atomic E-state index is -0.234. The van der Waals surface area contributed by atoms with Gasteiger partial charge in [-0.05, 0) is 31.2 Å². The number of halogens is 1. The first-order chi connectivity index (χ1) is 12.5. The van der Waals surface area contributed by atoms with Crippen LogP contribution >= 0.6 is 11.3 Å². The lowest BCUT2D eigenvalue weighted by Crippen LogP contribution is -2.49. The van der Waals surface area contributed by atoms with E-state index in [1.54, 1.807) is 17.0 Å². The smallest absolute Gasteiger partial charge is 0.266 e. The molecule has 26 heavy (non-hydrogen) atoms. The number of pyridine rings is 1. The predicted octanol–water partition coefficient (Wildman–Crippen LogP) is 3.29. The summed E-state index contributed by atoms with van der Waals surface area (Å²) < 4.78 is 14.0. The van der Waals surface area contributed by atoms with E-state index in [0.29, 0.717) is 42.4 Å². The molecule has 1 saturated heterocycles. The molecular formula is C19H19FN4OS. The lowest BCUT2D eigenvalue weighted by Gasteiger charge is -2.36. The van der Waals surface area contributed by atoms with Gasteiger partial charge >= 0.3 is 0 Å². The molecule has 5 nitrogen and oxygen atoms in total. The van der Waals surface area contributed by atoms with Gasteiger partial charge in [-0.2, -0.15) is 0 Å². The largest absolute Gasteiger partial charge is 0.397 e. The van der Waals surface area contributed by atoms with Crippen molar-refractivity contribution < 1.29 is 9.18 Å². The molecule has 4 rings (SSSR count). The first-order valence-electron chi connectivity index (χ1n) is 8.49. The summed E-state index contributed by atoms with van der Waals surface area (Å²) in [6, 6.07) is 10.5. The molecule has 3 aromatic rings. The van der Waals surface area contributed by atoms with Gasteiger partial charge in [0.1, 0.15) is 15.5 Å². The normalized spacial score (nSPS) is 14.8. The van der Waals surface area contributed by atoms with Crippen molar-refractivity contribution in [2.45, 2.75) is 6.92 Å². The molecule has 1 aliphatic heterocycles. The second kappa shape index (κ2) is 6.57. The van der Waals surface area contributed by atoms with E-state index in [4.69, 9.17) is 5.73 Å². The monoisotopic (exact) mass is 370 g/mol. The topological polar surface area (TPSA) is 62.5 Å². The van der Waals surface area contributed by atoms with Crippen LogP contribution in [0.1, 0.15) is 15.4 Å². The zero-order chi connectivity index (χ0) is 18.3. The lowest BCUT2D eigenvalue weighted by molar-refractivity contribution is 0.0752. The Balaban J connectivity index is 1.52. The summed E-state index contributed by atoms with van der Waals surface area (Å²) >= 11 is 1.34. The van der Waals surface area contributed by atoms with Crippen LogP contribution in [0.5, 0.6) is 0 Å². The fraction of sp³-hybridized carbons (Fsp3) is 0.263. The number of anilines is 2. The maximum absolute atomic E-state index is 14.0. The van der Waals surface area contributed by atoms with E-state index in [1.807, 2.05) is 30.0 Å². The minimum Gasteiger partial charge on any atom is -0.397 e. The Labute approximate surface area is 154 Å². The lowest BCUT2D eigenvalue weighted by atomic mass is 10.2. The second-order valence-corrected chi connectivity index (χ2v) is 7.38. The Kier molecular flexibility index (Phi) is 4.24. The van der Waals surface area contributed by atoms with E-state index in [2.05, 4.69) is 4.98 Å². The van der Waals surface area contributed by atoms with Crippen molar-refractivity contribution in [1.82, 2.24) is 9.88 Å². The summed E-state index contributed by atoms with van der Waals surface area (Å²) in [7, 11) is 0. The third-order valence-corrected chi connectivity index (χ3v) is 5.79. The molecule has 3 heterocycles. The first kappa shape index (κ1) is 16.8. The average Bonchev–Trinajstić information content (AvgIpc) is 2.97. The van der Waals surface area contributed by atoms with E-state index in [0.717, 1.165) is 15.9 Å². The van der Waals surface area contributed by atoms with Crippen LogP contribution in [0.25, 0.3) is 10.2 Å². The molecule has 2 aromatic heterocycles. The van der Waals surface area contributed by atoms with Gasteiger partial charge in [-0.1, -0.05) is 12.1 Å². The number of nitrogens with two attached hydrogens (primary N) is 1. The van der Waals surface area contributed by atoms with E-state index in [9.17, 15) is 9.18 Å². The van der Waals surface area contributed by atoms with E-state index in [1.165, 1.54) is 17.4 Å². The van der Waals surface area contributed by atoms with E-state index >= 15 is 0 Å². The number of fused-ring (bicyclic) bond motifs is 1. The number of aromatic nitrogens is 1. The number of thiophene rings is 1. The van der Waals surface area contributed by atoms with Gasteiger partial charge in [0, 0.05) is 37.3 Å². The van der Waals surface area contributed by atoms with Gasteiger partial charge < -0.3 is 15.5 Å². The third kappa shape index (κ3) is 2.88. The number of carbonyl (C=O) groups excluding carboxylic acids is 1. The minimum absolute atomic E-state index is 0.0728. The van der Waals surface area contributed by atoms with Crippen molar-refractivity contribution in [3.63, 3.8) is 0 Å². The fourth-order valence-electron chi connectivity index (χ4n) is 3.25. The van der Waals surface area contributed by atoms with Crippen LogP contribution in [0.4, 0.5) is 15.8 Å². The highest BCUT2D eigenvalue weighted by Crippen LogP contribution is 2.33. The van der Waals surface area contributed by atoms with Crippen molar-refractivity contribution in [2.24, 2.45) is 0 Å². The number of aryl methyl sites for hydroxylation is 1. The maximum Gasteiger partial charge on any atom is 0.266 e. The Morgan fingerprint density at radius 3 is 2.62 bits per heavy atom. The van der Waals surface area contributed by atoms with Crippen LogP contribution in [0, 0.1) is 12.7 Å². The van der Waals surface area contributed by atoms with Gasteiger partial charge in [-0.25, -0.2) is 9.37 Å². The maximum atomic E-state index is 14.0. The Morgan fingerprint density at radius 2 is 1.88 bits per heavy atom. The van der Waals surface area contributed by atoms with Crippen molar-refractivity contribution in [2.75, 3.05) is 36.8 Å². The van der Waals surface area contributed by atoms with Crippen LogP contribution in [-0.4, -0.2) is 42.0 Å². The second-order valence-electron chi connectivity index (χ2n) is 6.38. The number of para-hydroxylation sites is 1. The number of benzene rings is 1. The molecule has 1 amide bonds. The number of rotatable bonds is 2. The number of carbonyl (C=O) groups is 1. The summed E-state index contributed by atoms with van der Waals surface area (Å²) in [6.07, 6.45) is 0. The SMILES string of the molecule is Cc1ccc2c(N)c(C(=O)N3CCN(c4ccccc4F)CC3)sc2n1. The molecule has 0 atom stereocenters. The Morgan fingerprint density at radius 1 is 1.15 bits per heavy atom. The van der Waals surface area contributed by atoms with Gasteiger partial charge in [0.2, 0.25) is 0 Å². The highest BCUT2D eigenvalue weighted by Gasteiger charge is 2.26. The molecule has 1 aliphatic rings. The highest BCUT2D eigenvalue weighted by atomic mass is 32.1. The predicted molar refractivity (Wildman–Crippen MR) is 103 cm³/mol. The van der Waals surface area contributed by atoms with Gasteiger partial charge in [-0.15, -0.1) is 11.3 Å². The molecular weight excluding hydrogens is 351 g/mol. The average molecular weight is 370 g/mol. The standard InChI is InChI=1S/C19H19FN4OS/c1-12-6-7-13-16(21)17(26-18(13)22-12)19(25)24-10-8-23(9-11-24)15-5-3-2-4-14(15)20/h2-7H,8-11,21H2,1H3. The number of hydrogen-bond acceptors (Lipinski definition) is 5. The van der Waals surface area contributed by atoms with Crippen LogP contribution in [0.15, 0.2) is 36.4 Å². The van der Waals surface area contributed by atoms with Crippen LogP contribution < -0.4 is 10.6 Å². The van der Waals surface area contributed by atoms with Crippen molar-refractivity contribution in [1.29, 1.82) is 0 Å². The summed E-state index contributed by atoms with van der Waals surface area (Å²) in [5.41, 5.74) is 8.18. The number of nitrogens with zero attached hydrogens (tertiary/aromatic N) is 3. The molecule has 0 radical (unpaired) electrons. The van der Waals surface area contributed by atoms with Gasteiger partial charge in [-0.3, -0.25) is 4.79 Å². The van der Waals surface area contributed by atoms with Crippen LogP contribution in [0.3, 0.4) is 0 Å².